The van der Waals surface area contributed by atoms with Crippen LogP contribution in [-0.2, 0) is 0 Å². The lowest BCUT2D eigenvalue weighted by atomic mass is 9.79. The zero-order valence-electron chi connectivity index (χ0n) is 13.1. The Kier molecular flexibility index (Phi) is 11.3. The fourth-order valence-electron chi connectivity index (χ4n) is 3.40. The molecule has 2 nitrogen and oxygen atoms in total. The summed E-state index contributed by atoms with van der Waals surface area (Å²) < 4.78 is 0. The molecule has 0 amide bonds. The molecule has 0 aromatic heterocycles. The van der Waals surface area contributed by atoms with E-state index < -0.39 is 0 Å². The quantitative estimate of drug-likeness (QED) is 0.664. The fraction of sp³-hybridized carbons (Fsp3) is 1.00. The minimum atomic E-state index is -0.0539. The Hall–Kier alpha value is 0.400. The SMILES string of the molecule is Br.CCCCCCCC(C1CCCCC1O)N(C)C. The van der Waals surface area contributed by atoms with Gasteiger partial charge < -0.3 is 10.0 Å². The minimum Gasteiger partial charge on any atom is -0.393 e. The Morgan fingerprint density at radius 3 is 2.26 bits per heavy atom. The number of unbranched alkanes of at least 4 members (excludes halogenated alkanes) is 4. The molecule has 0 aliphatic heterocycles. The molecule has 1 aliphatic carbocycles. The van der Waals surface area contributed by atoms with Crippen molar-refractivity contribution in [1.82, 2.24) is 4.90 Å². The zero-order chi connectivity index (χ0) is 13.4. The second-order valence-electron chi connectivity index (χ2n) is 6.25. The Bertz CT molecular complexity index is 211. The average molecular weight is 336 g/mol. The molecular weight excluding hydrogens is 302 g/mol. The molecule has 19 heavy (non-hydrogen) atoms. The van der Waals surface area contributed by atoms with Crippen LogP contribution in [0.25, 0.3) is 0 Å². The number of nitrogens with zero attached hydrogens (tertiary/aromatic N) is 1. The Morgan fingerprint density at radius 1 is 1.05 bits per heavy atom. The molecule has 1 saturated carbocycles. The summed E-state index contributed by atoms with van der Waals surface area (Å²) in [6.07, 6.45) is 12.7. The molecule has 0 bridgehead atoms. The fourth-order valence-corrected chi connectivity index (χ4v) is 3.40. The highest BCUT2D eigenvalue weighted by Crippen LogP contribution is 2.31. The van der Waals surface area contributed by atoms with Crippen LogP contribution in [-0.4, -0.2) is 36.2 Å². The van der Waals surface area contributed by atoms with E-state index in [-0.39, 0.29) is 23.1 Å². The van der Waals surface area contributed by atoms with E-state index in [9.17, 15) is 5.11 Å². The van der Waals surface area contributed by atoms with E-state index in [0.717, 1.165) is 6.42 Å². The first-order valence-corrected chi connectivity index (χ1v) is 8.01. The summed E-state index contributed by atoms with van der Waals surface area (Å²) in [5, 5.41) is 10.2. The highest BCUT2D eigenvalue weighted by Gasteiger charge is 2.31. The summed E-state index contributed by atoms with van der Waals surface area (Å²) in [5.74, 6) is 0.514. The van der Waals surface area contributed by atoms with Crippen molar-refractivity contribution in [2.45, 2.75) is 83.3 Å². The van der Waals surface area contributed by atoms with E-state index in [1.165, 1.54) is 57.8 Å². The Morgan fingerprint density at radius 2 is 1.68 bits per heavy atom. The van der Waals surface area contributed by atoms with Crippen LogP contribution < -0.4 is 0 Å². The number of hydrogen-bond acceptors (Lipinski definition) is 2. The number of aliphatic hydroxyl groups excluding tert-OH is 1. The number of aliphatic hydroxyl groups is 1. The van der Waals surface area contributed by atoms with E-state index in [1.807, 2.05) is 0 Å². The summed E-state index contributed by atoms with van der Waals surface area (Å²) in [4.78, 5) is 2.35. The zero-order valence-corrected chi connectivity index (χ0v) is 14.8. The highest BCUT2D eigenvalue weighted by atomic mass is 79.9. The number of halogens is 1. The molecular formula is C16H34BrNO. The molecule has 1 aliphatic rings. The van der Waals surface area contributed by atoms with Crippen LogP contribution in [0.15, 0.2) is 0 Å². The molecule has 0 aromatic carbocycles. The average Bonchev–Trinajstić information content (AvgIpc) is 2.35. The van der Waals surface area contributed by atoms with Crippen molar-refractivity contribution in [2.75, 3.05) is 14.1 Å². The van der Waals surface area contributed by atoms with Crippen LogP contribution in [0.3, 0.4) is 0 Å². The second-order valence-corrected chi connectivity index (χ2v) is 6.25. The third-order valence-electron chi connectivity index (χ3n) is 4.54. The smallest absolute Gasteiger partial charge is 0.0583 e. The first-order valence-electron chi connectivity index (χ1n) is 8.01. The van der Waals surface area contributed by atoms with Gasteiger partial charge in [0.15, 0.2) is 0 Å². The first-order chi connectivity index (χ1) is 8.66. The van der Waals surface area contributed by atoms with Crippen molar-refractivity contribution in [1.29, 1.82) is 0 Å². The van der Waals surface area contributed by atoms with E-state index in [4.69, 9.17) is 0 Å². The van der Waals surface area contributed by atoms with Crippen molar-refractivity contribution in [3.8, 4) is 0 Å². The summed E-state index contributed by atoms with van der Waals surface area (Å²) in [7, 11) is 4.36. The third kappa shape index (κ3) is 7.10. The van der Waals surface area contributed by atoms with Gasteiger partial charge in [-0.15, -0.1) is 17.0 Å². The van der Waals surface area contributed by atoms with E-state index in [1.54, 1.807) is 0 Å². The van der Waals surface area contributed by atoms with Gasteiger partial charge in [0.1, 0.15) is 0 Å². The molecule has 0 heterocycles. The molecule has 0 radical (unpaired) electrons. The van der Waals surface area contributed by atoms with Crippen molar-refractivity contribution >= 4 is 17.0 Å². The van der Waals surface area contributed by atoms with Gasteiger partial charge in [-0.2, -0.15) is 0 Å². The molecule has 0 aromatic rings. The van der Waals surface area contributed by atoms with E-state index in [2.05, 4.69) is 25.9 Å². The summed E-state index contributed by atoms with van der Waals surface area (Å²) in [5.41, 5.74) is 0. The highest BCUT2D eigenvalue weighted by molar-refractivity contribution is 8.93. The molecule has 116 valence electrons. The van der Waals surface area contributed by atoms with Gasteiger partial charge in [-0.3, -0.25) is 0 Å². The molecule has 1 N–H and O–H groups in total. The lowest BCUT2D eigenvalue weighted by molar-refractivity contribution is 0.0194. The lowest BCUT2D eigenvalue weighted by Crippen LogP contribution is -2.42. The molecule has 3 heteroatoms. The largest absolute Gasteiger partial charge is 0.393 e. The molecule has 3 unspecified atom stereocenters. The maximum atomic E-state index is 10.2. The van der Waals surface area contributed by atoms with Gasteiger partial charge in [-0.25, -0.2) is 0 Å². The van der Waals surface area contributed by atoms with Crippen molar-refractivity contribution in [3.63, 3.8) is 0 Å². The second kappa shape index (κ2) is 11.1. The Labute approximate surface area is 130 Å². The van der Waals surface area contributed by atoms with Crippen molar-refractivity contribution in [3.05, 3.63) is 0 Å². The van der Waals surface area contributed by atoms with Gasteiger partial charge >= 0.3 is 0 Å². The van der Waals surface area contributed by atoms with Crippen LogP contribution in [0, 0.1) is 5.92 Å². The predicted molar refractivity (Wildman–Crippen MR) is 89.1 cm³/mol. The van der Waals surface area contributed by atoms with Gasteiger partial charge in [-0.1, -0.05) is 51.9 Å². The topological polar surface area (TPSA) is 23.5 Å². The van der Waals surface area contributed by atoms with E-state index >= 15 is 0 Å². The van der Waals surface area contributed by atoms with Gasteiger partial charge in [0.2, 0.25) is 0 Å². The van der Waals surface area contributed by atoms with Gasteiger partial charge in [0.05, 0.1) is 6.10 Å². The van der Waals surface area contributed by atoms with E-state index in [0.29, 0.717) is 12.0 Å². The normalized spacial score (nSPS) is 25.1. The summed E-state index contributed by atoms with van der Waals surface area (Å²) in [6.45, 7) is 2.26. The molecule has 0 spiro atoms. The van der Waals surface area contributed by atoms with Crippen molar-refractivity contribution < 1.29 is 5.11 Å². The minimum absolute atomic E-state index is 0. The molecule has 0 saturated heterocycles. The monoisotopic (exact) mass is 335 g/mol. The standard InChI is InChI=1S/C16H33NO.BrH/c1-4-5-6-7-8-12-15(17(2)3)14-11-9-10-13-16(14)18;/h14-16,18H,4-13H2,1-3H3;1H. The predicted octanol–water partition coefficient (Wildman–Crippen LogP) is 4.41. The van der Waals surface area contributed by atoms with Gasteiger partial charge in [0.25, 0.3) is 0 Å². The van der Waals surface area contributed by atoms with Crippen LogP contribution in [0.2, 0.25) is 0 Å². The Balaban J connectivity index is 0.00000324. The lowest BCUT2D eigenvalue weighted by Gasteiger charge is -2.38. The maximum Gasteiger partial charge on any atom is 0.0583 e. The number of rotatable bonds is 8. The van der Waals surface area contributed by atoms with Crippen LogP contribution in [0.5, 0.6) is 0 Å². The molecule has 1 rings (SSSR count). The summed E-state index contributed by atoms with van der Waals surface area (Å²) >= 11 is 0. The van der Waals surface area contributed by atoms with Gasteiger partial charge in [-0.05, 0) is 33.4 Å². The maximum absolute atomic E-state index is 10.2. The summed E-state index contributed by atoms with van der Waals surface area (Å²) in [6, 6.07) is 0.585. The molecule has 3 atom stereocenters. The first kappa shape index (κ1) is 19.4. The van der Waals surface area contributed by atoms with Crippen LogP contribution >= 0.6 is 17.0 Å². The van der Waals surface area contributed by atoms with Crippen LogP contribution in [0.4, 0.5) is 0 Å². The van der Waals surface area contributed by atoms with Crippen molar-refractivity contribution in [2.24, 2.45) is 5.92 Å². The van der Waals surface area contributed by atoms with Gasteiger partial charge in [0, 0.05) is 12.0 Å². The van der Waals surface area contributed by atoms with Crippen LogP contribution in [0.1, 0.15) is 71.1 Å². The number of hydrogen-bond donors (Lipinski definition) is 1. The molecule has 1 fully saturated rings. The third-order valence-corrected chi connectivity index (χ3v) is 4.54.